The van der Waals surface area contributed by atoms with Gasteiger partial charge in [-0.25, -0.2) is 4.98 Å². The molecule has 1 aromatic rings. The van der Waals surface area contributed by atoms with Crippen LogP contribution in [0.15, 0.2) is 23.4 Å². The van der Waals surface area contributed by atoms with E-state index in [1.807, 2.05) is 0 Å². The van der Waals surface area contributed by atoms with Crippen LogP contribution in [0.1, 0.15) is 20.3 Å². The zero-order chi connectivity index (χ0) is 10.6. The van der Waals surface area contributed by atoms with Crippen LogP contribution in [-0.2, 0) is 10.8 Å². The van der Waals surface area contributed by atoms with E-state index in [2.05, 4.69) is 18.8 Å². The lowest BCUT2D eigenvalue weighted by atomic mass is 10.2. The highest BCUT2D eigenvalue weighted by atomic mass is 32.2. The van der Waals surface area contributed by atoms with Gasteiger partial charge in [-0.1, -0.05) is 13.8 Å². The van der Waals surface area contributed by atoms with Crippen molar-refractivity contribution in [3.8, 4) is 0 Å². The molecule has 0 aliphatic rings. The summed E-state index contributed by atoms with van der Waals surface area (Å²) in [6, 6.07) is 3.48. The van der Waals surface area contributed by atoms with Crippen molar-refractivity contribution in [1.29, 1.82) is 0 Å². The summed E-state index contributed by atoms with van der Waals surface area (Å²) >= 11 is 0. The monoisotopic (exact) mass is 212 g/mol. The Morgan fingerprint density at radius 2 is 2.29 bits per heavy atom. The van der Waals surface area contributed by atoms with E-state index in [4.69, 9.17) is 5.73 Å². The van der Waals surface area contributed by atoms with Gasteiger partial charge in [0.1, 0.15) is 5.03 Å². The van der Waals surface area contributed by atoms with Crippen molar-refractivity contribution in [2.45, 2.75) is 25.3 Å². The van der Waals surface area contributed by atoms with Crippen LogP contribution in [0.5, 0.6) is 0 Å². The van der Waals surface area contributed by atoms with Gasteiger partial charge in [0.05, 0.1) is 16.5 Å². The van der Waals surface area contributed by atoms with E-state index in [0.717, 1.165) is 6.42 Å². The van der Waals surface area contributed by atoms with Crippen molar-refractivity contribution in [1.82, 2.24) is 4.98 Å². The van der Waals surface area contributed by atoms with Crippen LogP contribution in [0, 0.1) is 5.92 Å². The maximum Gasteiger partial charge on any atom is 0.150 e. The maximum atomic E-state index is 11.7. The normalized spacial score (nSPS) is 13.1. The molecule has 78 valence electrons. The second kappa shape index (κ2) is 5.10. The van der Waals surface area contributed by atoms with E-state index in [1.54, 1.807) is 18.3 Å². The second-order valence-corrected chi connectivity index (χ2v) is 5.12. The fourth-order valence-corrected chi connectivity index (χ4v) is 2.42. The van der Waals surface area contributed by atoms with Crippen molar-refractivity contribution in [2.75, 3.05) is 11.5 Å². The van der Waals surface area contributed by atoms with Crippen molar-refractivity contribution >= 4 is 16.5 Å². The van der Waals surface area contributed by atoms with Crippen molar-refractivity contribution in [3.63, 3.8) is 0 Å². The molecule has 2 N–H and O–H groups in total. The summed E-state index contributed by atoms with van der Waals surface area (Å²) in [5, 5.41) is 0.521. The van der Waals surface area contributed by atoms with Gasteiger partial charge in [0.25, 0.3) is 0 Å². The molecule has 0 aromatic carbocycles. The molecular weight excluding hydrogens is 196 g/mol. The number of rotatable bonds is 4. The average Bonchev–Trinajstić information content (AvgIpc) is 2.15. The molecule has 0 saturated carbocycles. The minimum atomic E-state index is -1.05. The minimum absolute atomic E-state index is 0.521. The molecule has 0 radical (unpaired) electrons. The number of anilines is 1. The highest BCUT2D eigenvalue weighted by molar-refractivity contribution is 7.85. The lowest BCUT2D eigenvalue weighted by molar-refractivity contribution is 0.618. The molecule has 0 amide bonds. The van der Waals surface area contributed by atoms with E-state index in [-0.39, 0.29) is 0 Å². The van der Waals surface area contributed by atoms with Crippen LogP contribution in [-0.4, -0.2) is 14.9 Å². The van der Waals surface area contributed by atoms with E-state index in [1.165, 1.54) is 0 Å². The molecule has 0 saturated heterocycles. The summed E-state index contributed by atoms with van der Waals surface area (Å²) in [6.07, 6.45) is 2.56. The van der Waals surface area contributed by atoms with E-state index in [9.17, 15) is 4.21 Å². The molecule has 1 atom stereocenters. The quantitative estimate of drug-likeness (QED) is 0.828. The highest BCUT2D eigenvalue weighted by Gasteiger charge is 2.09. The number of nitrogens with zero attached hydrogens (tertiary/aromatic N) is 1. The number of pyridine rings is 1. The van der Waals surface area contributed by atoms with Gasteiger partial charge in [-0.3, -0.25) is 4.21 Å². The average molecular weight is 212 g/mol. The maximum absolute atomic E-state index is 11.7. The number of aromatic nitrogens is 1. The molecule has 1 unspecified atom stereocenters. The standard InChI is InChI=1S/C10H16N2OS/c1-8(2)5-7-14(13)10-9(11)4-3-6-12-10/h3-4,6,8H,5,7,11H2,1-2H3. The van der Waals surface area contributed by atoms with Crippen molar-refractivity contribution in [3.05, 3.63) is 18.3 Å². The van der Waals surface area contributed by atoms with Crippen LogP contribution >= 0.6 is 0 Å². The molecule has 1 aromatic heterocycles. The Hall–Kier alpha value is -0.900. The Labute approximate surface area is 87.2 Å². The Balaban J connectivity index is 2.65. The number of nitrogen functional groups attached to an aromatic ring is 1. The molecule has 1 heterocycles. The van der Waals surface area contributed by atoms with Crippen LogP contribution in [0.3, 0.4) is 0 Å². The first-order valence-electron chi connectivity index (χ1n) is 4.70. The largest absolute Gasteiger partial charge is 0.396 e. The summed E-state index contributed by atoms with van der Waals surface area (Å²) in [5.41, 5.74) is 6.20. The Bertz CT molecular complexity index is 326. The molecule has 0 fully saturated rings. The first kappa shape index (κ1) is 11.2. The van der Waals surface area contributed by atoms with Gasteiger partial charge in [-0.15, -0.1) is 0 Å². The van der Waals surface area contributed by atoms with E-state index < -0.39 is 10.8 Å². The summed E-state index contributed by atoms with van der Waals surface area (Å²) in [6.45, 7) is 4.22. The van der Waals surface area contributed by atoms with Gasteiger partial charge < -0.3 is 5.73 Å². The van der Waals surface area contributed by atoms with E-state index >= 15 is 0 Å². The summed E-state index contributed by atoms with van der Waals surface area (Å²) < 4.78 is 11.7. The summed E-state index contributed by atoms with van der Waals surface area (Å²) in [7, 11) is -1.05. The highest BCUT2D eigenvalue weighted by Crippen LogP contribution is 2.14. The molecule has 0 spiro atoms. The zero-order valence-corrected chi connectivity index (χ0v) is 9.38. The Morgan fingerprint density at radius 3 is 2.86 bits per heavy atom. The molecular formula is C10H16N2OS. The number of hydrogen-bond acceptors (Lipinski definition) is 3. The molecule has 0 aliphatic heterocycles. The van der Waals surface area contributed by atoms with Crippen LogP contribution in [0.25, 0.3) is 0 Å². The van der Waals surface area contributed by atoms with Crippen LogP contribution in [0.4, 0.5) is 5.69 Å². The predicted molar refractivity (Wildman–Crippen MR) is 59.4 cm³/mol. The number of hydrogen-bond donors (Lipinski definition) is 1. The van der Waals surface area contributed by atoms with Gasteiger partial charge in [0.15, 0.2) is 0 Å². The molecule has 4 heteroatoms. The molecule has 3 nitrogen and oxygen atoms in total. The molecule has 0 bridgehead atoms. The lowest BCUT2D eigenvalue weighted by Crippen LogP contribution is -2.06. The third kappa shape index (κ3) is 3.10. The molecule has 1 rings (SSSR count). The van der Waals surface area contributed by atoms with Gasteiger partial charge >= 0.3 is 0 Å². The molecule has 0 aliphatic carbocycles. The molecule has 14 heavy (non-hydrogen) atoms. The zero-order valence-electron chi connectivity index (χ0n) is 8.56. The van der Waals surface area contributed by atoms with Crippen molar-refractivity contribution < 1.29 is 4.21 Å². The minimum Gasteiger partial charge on any atom is -0.396 e. The van der Waals surface area contributed by atoms with Crippen LogP contribution < -0.4 is 5.73 Å². The fourth-order valence-electron chi connectivity index (χ4n) is 1.03. The fraction of sp³-hybridized carbons (Fsp3) is 0.500. The summed E-state index contributed by atoms with van der Waals surface area (Å²) in [4.78, 5) is 4.03. The Morgan fingerprint density at radius 1 is 1.57 bits per heavy atom. The van der Waals surface area contributed by atoms with Crippen molar-refractivity contribution in [2.24, 2.45) is 5.92 Å². The summed E-state index contributed by atoms with van der Waals surface area (Å²) in [5.74, 6) is 1.20. The third-order valence-corrected chi connectivity index (χ3v) is 3.28. The topological polar surface area (TPSA) is 56.0 Å². The second-order valence-electron chi connectivity index (χ2n) is 3.63. The first-order valence-corrected chi connectivity index (χ1v) is 6.02. The lowest BCUT2D eigenvalue weighted by Gasteiger charge is -2.05. The first-order chi connectivity index (χ1) is 6.61. The van der Waals surface area contributed by atoms with Crippen LogP contribution in [0.2, 0.25) is 0 Å². The number of nitrogens with two attached hydrogens (primary N) is 1. The van der Waals surface area contributed by atoms with Gasteiger partial charge in [0.2, 0.25) is 0 Å². The Kier molecular flexibility index (Phi) is 4.07. The SMILES string of the molecule is CC(C)CCS(=O)c1ncccc1N. The smallest absolute Gasteiger partial charge is 0.150 e. The predicted octanol–water partition coefficient (Wildman–Crippen LogP) is 1.82. The van der Waals surface area contributed by atoms with Gasteiger partial charge in [0, 0.05) is 11.9 Å². The third-order valence-electron chi connectivity index (χ3n) is 1.90. The van der Waals surface area contributed by atoms with E-state index in [0.29, 0.717) is 22.4 Å². The van der Waals surface area contributed by atoms with Gasteiger partial charge in [-0.05, 0) is 24.5 Å². The van der Waals surface area contributed by atoms with Gasteiger partial charge in [-0.2, -0.15) is 0 Å².